The lowest BCUT2D eigenvalue weighted by atomic mass is 9.89. The van der Waals surface area contributed by atoms with Gasteiger partial charge in [-0.1, -0.05) is 11.8 Å². The van der Waals surface area contributed by atoms with Crippen molar-refractivity contribution in [1.29, 1.82) is 0 Å². The van der Waals surface area contributed by atoms with Crippen molar-refractivity contribution in [2.45, 2.75) is 37.0 Å². The van der Waals surface area contributed by atoms with Gasteiger partial charge < -0.3 is 10.6 Å². The number of thioether (sulfide) groups is 1. The zero-order valence-corrected chi connectivity index (χ0v) is 17.7. The third-order valence-corrected chi connectivity index (χ3v) is 5.38. The van der Waals surface area contributed by atoms with E-state index in [2.05, 4.69) is 30.6 Å². The van der Waals surface area contributed by atoms with Crippen molar-refractivity contribution in [3.63, 3.8) is 0 Å². The second-order valence-electron chi connectivity index (χ2n) is 6.95. The van der Waals surface area contributed by atoms with Gasteiger partial charge in [0.25, 0.3) is 5.91 Å². The van der Waals surface area contributed by atoms with Gasteiger partial charge in [-0.3, -0.25) is 9.59 Å². The number of aryl methyl sites for hydroxylation is 1. The maximum absolute atomic E-state index is 13.0. The van der Waals surface area contributed by atoms with Gasteiger partial charge in [0.1, 0.15) is 5.69 Å². The summed E-state index contributed by atoms with van der Waals surface area (Å²) in [7, 11) is 0. The summed E-state index contributed by atoms with van der Waals surface area (Å²) in [4.78, 5) is 40.5. The number of ketones is 1. The summed E-state index contributed by atoms with van der Waals surface area (Å²) in [6, 6.07) is 1.05. The van der Waals surface area contributed by atoms with E-state index in [9.17, 15) is 22.8 Å². The van der Waals surface area contributed by atoms with Gasteiger partial charge >= 0.3 is 6.18 Å². The first-order valence-corrected chi connectivity index (χ1v) is 10.8. The first-order valence-electron chi connectivity index (χ1n) is 9.55. The Bertz CT molecular complexity index is 980. The lowest BCUT2D eigenvalue weighted by Gasteiger charge is -2.24. The van der Waals surface area contributed by atoms with E-state index in [4.69, 9.17) is 0 Å². The van der Waals surface area contributed by atoms with Crippen LogP contribution in [0, 0.1) is 6.92 Å². The molecule has 31 heavy (non-hydrogen) atoms. The molecule has 1 saturated heterocycles. The number of piperidine rings is 1. The Balaban J connectivity index is 1.79. The number of amides is 1. The Morgan fingerprint density at radius 3 is 2.58 bits per heavy atom. The first kappa shape index (κ1) is 23.1. The van der Waals surface area contributed by atoms with Crippen LogP contribution >= 0.6 is 11.8 Å². The number of halogens is 3. The molecule has 166 valence electrons. The van der Waals surface area contributed by atoms with E-state index in [1.807, 2.05) is 6.26 Å². The van der Waals surface area contributed by atoms with Crippen molar-refractivity contribution in [2.24, 2.45) is 0 Å². The number of alkyl halides is 3. The minimum atomic E-state index is -4.77. The van der Waals surface area contributed by atoms with Crippen molar-refractivity contribution in [1.82, 2.24) is 30.6 Å². The highest BCUT2D eigenvalue weighted by molar-refractivity contribution is 7.98. The van der Waals surface area contributed by atoms with E-state index in [-0.39, 0.29) is 5.92 Å². The van der Waals surface area contributed by atoms with Crippen LogP contribution in [0.2, 0.25) is 0 Å². The molecule has 0 saturated carbocycles. The molecule has 3 heterocycles. The largest absolute Gasteiger partial charge is 0.451 e. The predicted molar refractivity (Wildman–Crippen MR) is 107 cm³/mol. The molecule has 0 atom stereocenters. The normalized spacial score (nSPS) is 15.0. The van der Waals surface area contributed by atoms with Gasteiger partial charge in [0.05, 0.1) is 23.5 Å². The minimum Gasteiger partial charge on any atom is -0.343 e. The van der Waals surface area contributed by atoms with E-state index in [0.29, 0.717) is 22.1 Å². The molecule has 1 aliphatic heterocycles. The molecule has 0 radical (unpaired) electrons. The van der Waals surface area contributed by atoms with Crippen LogP contribution < -0.4 is 10.6 Å². The van der Waals surface area contributed by atoms with E-state index in [0.717, 1.165) is 38.2 Å². The van der Waals surface area contributed by atoms with Crippen LogP contribution in [0.3, 0.4) is 0 Å². The molecule has 0 spiro atoms. The smallest absolute Gasteiger partial charge is 0.343 e. The van der Waals surface area contributed by atoms with Gasteiger partial charge in [0.15, 0.2) is 10.9 Å². The molecule has 0 bridgehead atoms. The lowest BCUT2D eigenvalue weighted by Crippen LogP contribution is -2.33. The molecule has 2 N–H and O–H groups in total. The van der Waals surface area contributed by atoms with Crippen LogP contribution in [0.15, 0.2) is 17.4 Å². The molecular weight excluding hydrogens is 433 g/mol. The minimum absolute atomic E-state index is 0.0831. The summed E-state index contributed by atoms with van der Waals surface area (Å²) < 4.78 is 38.3. The predicted octanol–water partition coefficient (Wildman–Crippen LogP) is 2.40. The highest BCUT2D eigenvalue weighted by Gasteiger charge is 2.35. The van der Waals surface area contributed by atoms with E-state index < -0.39 is 35.9 Å². The number of nitrogens with one attached hydrogen (secondary N) is 2. The lowest BCUT2D eigenvalue weighted by molar-refractivity contribution is -0.145. The Morgan fingerprint density at radius 2 is 1.94 bits per heavy atom. The third kappa shape index (κ3) is 5.56. The number of Topliss-reactive ketones (excluding diaryl/α,β-unsaturated/α-hetero) is 1. The fraction of sp³-hybridized carbons (Fsp3) is 0.474. The second kappa shape index (κ2) is 9.69. The zero-order valence-electron chi connectivity index (χ0n) is 16.9. The van der Waals surface area contributed by atoms with Crippen molar-refractivity contribution < 1.29 is 22.8 Å². The summed E-state index contributed by atoms with van der Waals surface area (Å²) in [5.41, 5.74) is 1.04. The summed E-state index contributed by atoms with van der Waals surface area (Å²) in [6.45, 7) is 2.91. The summed E-state index contributed by atoms with van der Waals surface area (Å²) >= 11 is 1.38. The van der Waals surface area contributed by atoms with Crippen LogP contribution in [0.5, 0.6) is 0 Å². The Hall–Kier alpha value is -2.60. The second-order valence-corrected chi connectivity index (χ2v) is 7.72. The summed E-state index contributed by atoms with van der Waals surface area (Å²) in [6.07, 6.45) is -0.444. The van der Waals surface area contributed by atoms with Crippen molar-refractivity contribution in [3.05, 3.63) is 40.7 Å². The highest BCUT2D eigenvalue weighted by atomic mass is 32.2. The highest BCUT2D eigenvalue weighted by Crippen LogP contribution is 2.29. The van der Waals surface area contributed by atoms with E-state index in [1.165, 1.54) is 11.8 Å². The van der Waals surface area contributed by atoms with Gasteiger partial charge in [0, 0.05) is 12.1 Å². The molecule has 0 unspecified atom stereocenters. The van der Waals surface area contributed by atoms with Gasteiger partial charge in [-0.25, -0.2) is 19.9 Å². The number of aromatic nitrogens is 4. The standard InChI is InChI=1S/C19H21F3N6O2S/c1-10-14(15(28-18(26-10)31-2)11-3-6-23-7-4-11)13(29)9-25-16(30)12-5-8-24-17(27-12)19(20,21)22/h5,8,11,23H,3-4,6-7,9H2,1-2H3,(H,25,30). The van der Waals surface area contributed by atoms with Crippen molar-refractivity contribution >= 4 is 23.5 Å². The fourth-order valence-electron chi connectivity index (χ4n) is 3.36. The molecule has 2 aromatic rings. The molecule has 0 aliphatic carbocycles. The van der Waals surface area contributed by atoms with Gasteiger partial charge in [-0.15, -0.1) is 0 Å². The maximum Gasteiger partial charge on any atom is 0.451 e. The molecule has 12 heteroatoms. The van der Waals surface area contributed by atoms with Gasteiger partial charge in [-0.2, -0.15) is 13.2 Å². The quantitative estimate of drug-likeness (QED) is 0.389. The molecule has 1 amide bonds. The van der Waals surface area contributed by atoms with Gasteiger partial charge in [0.2, 0.25) is 5.82 Å². The monoisotopic (exact) mass is 454 g/mol. The third-order valence-electron chi connectivity index (χ3n) is 4.84. The number of rotatable bonds is 6. The van der Waals surface area contributed by atoms with Crippen molar-refractivity contribution in [2.75, 3.05) is 25.9 Å². The maximum atomic E-state index is 13.0. The topological polar surface area (TPSA) is 110 Å². The van der Waals surface area contributed by atoms with Crippen LogP contribution in [-0.2, 0) is 6.18 Å². The summed E-state index contributed by atoms with van der Waals surface area (Å²) in [5.74, 6) is -2.64. The number of hydrogen-bond donors (Lipinski definition) is 2. The number of carbonyl (C=O) groups excluding carboxylic acids is 2. The van der Waals surface area contributed by atoms with E-state index in [1.54, 1.807) is 6.92 Å². The van der Waals surface area contributed by atoms with Crippen LogP contribution in [0.25, 0.3) is 0 Å². The fourth-order valence-corrected chi connectivity index (χ4v) is 3.77. The molecule has 0 aromatic carbocycles. The molecule has 1 aliphatic rings. The van der Waals surface area contributed by atoms with Crippen LogP contribution in [-0.4, -0.2) is 57.5 Å². The van der Waals surface area contributed by atoms with Crippen LogP contribution in [0.4, 0.5) is 13.2 Å². The van der Waals surface area contributed by atoms with E-state index >= 15 is 0 Å². The zero-order chi connectivity index (χ0) is 22.6. The number of carbonyl (C=O) groups is 2. The van der Waals surface area contributed by atoms with Crippen molar-refractivity contribution in [3.8, 4) is 0 Å². The molecule has 3 rings (SSSR count). The van der Waals surface area contributed by atoms with Gasteiger partial charge in [-0.05, 0) is 45.2 Å². The average Bonchev–Trinajstić information content (AvgIpc) is 2.76. The van der Waals surface area contributed by atoms with Crippen LogP contribution in [0.1, 0.15) is 56.8 Å². The Morgan fingerprint density at radius 1 is 1.23 bits per heavy atom. The molecular formula is C19H21F3N6O2S. The number of hydrogen-bond acceptors (Lipinski definition) is 8. The SMILES string of the molecule is CSc1nc(C)c(C(=O)CNC(=O)c2ccnc(C(F)(F)F)n2)c(C2CCNCC2)n1. The Labute approximate surface area is 180 Å². The molecule has 8 nitrogen and oxygen atoms in total. The first-order chi connectivity index (χ1) is 14.7. The number of nitrogens with zero attached hydrogens (tertiary/aromatic N) is 4. The molecule has 2 aromatic heterocycles. The Kier molecular flexibility index (Phi) is 7.21. The summed E-state index contributed by atoms with van der Waals surface area (Å²) in [5, 5.41) is 6.17. The average molecular weight is 454 g/mol. The molecule has 1 fully saturated rings.